The molecular weight excluding hydrogens is 316 g/mol. The molecule has 3 heterocycles. The van der Waals surface area contributed by atoms with Crippen molar-refractivity contribution in [3.05, 3.63) is 45.7 Å². The number of rotatable bonds is 4. The van der Waals surface area contributed by atoms with Gasteiger partial charge in [-0.15, -0.1) is 21.5 Å². The molecule has 0 spiro atoms. The smallest absolute Gasteiger partial charge is 0.339 e. The van der Waals surface area contributed by atoms with E-state index < -0.39 is 0 Å². The topological polar surface area (TPSA) is 78.4 Å². The molecule has 0 unspecified atom stereocenters. The van der Waals surface area contributed by atoms with Gasteiger partial charge < -0.3 is 13.6 Å². The van der Waals surface area contributed by atoms with Gasteiger partial charge in [0.2, 0.25) is 0 Å². The molecule has 0 atom stereocenters. The Labute approximate surface area is 136 Å². The van der Waals surface area contributed by atoms with Gasteiger partial charge in [-0.3, -0.25) is 0 Å². The molecule has 0 bridgehead atoms. The van der Waals surface area contributed by atoms with E-state index in [1.165, 1.54) is 17.6 Å². The van der Waals surface area contributed by atoms with Crippen LogP contribution in [0.3, 0.4) is 0 Å². The molecule has 23 heavy (non-hydrogen) atoms. The lowest BCUT2D eigenvalue weighted by Gasteiger charge is -2.11. The Balaban J connectivity index is 1.43. The first kappa shape index (κ1) is 14.2. The summed E-state index contributed by atoms with van der Waals surface area (Å²) in [6.07, 6.45) is 5.86. The maximum Gasteiger partial charge on any atom is 0.339 e. The van der Waals surface area contributed by atoms with E-state index in [9.17, 15) is 4.79 Å². The van der Waals surface area contributed by atoms with Crippen LogP contribution in [0.2, 0.25) is 0 Å². The van der Waals surface area contributed by atoms with Crippen LogP contribution in [0.5, 0.6) is 0 Å². The number of fused-ring (bicyclic) bond motifs is 1. The number of hydrogen-bond acceptors (Lipinski definition) is 7. The minimum atomic E-state index is -0.331. The van der Waals surface area contributed by atoms with Gasteiger partial charge in [0.25, 0.3) is 11.8 Å². The van der Waals surface area contributed by atoms with E-state index in [2.05, 4.69) is 10.2 Å². The summed E-state index contributed by atoms with van der Waals surface area (Å²) < 4.78 is 15.9. The summed E-state index contributed by atoms with van der Waals surface area (Å²) >= 11 is 1.64. The van der Waals surface area contributed by atoms with Crippen molar-refractivity contribution in [2.75, 3.05) is 0 Å². The lowest BCUT2D eigenvalue weighted by atomic mass is 9.96. The number of thiophene rings is 1. The molecule has 0 saturated heterocycles. The summed E-state index contributed by atoms with van der Waals surface area (Å²) in [5.74, 6) is 0.673. The van der Waals surface area contributed by atoms with E-state index >= 15 is 0 Å². The minimum absolute atomic E-state index is 0.0445. The third-order valence-electron chi connectivity index (χ3n) is 3.81. The number of hydrogen-bond donors (Lipinski definition) is 0. The Morgan fingerprint density at radius 1 is 1.30 bits per heavy atom. The fourth-order valence-electron chi connectivity index (χ4n) is 2.68. The maximum atomic E-state index is 12.3. The predicted octanol–water partition coefficient (Wildman–Crippen LogP) is 3.63. The van der Waals surface area contributed by atoms with Gasteiger partial charge in [0.1, 0.15) is 0 Å². The maximum absolute atomic E-state index is 12.3. The molecule has 0 amide bonds. The Bertz CT molecular complexity index is 819. The lowest BCUT2D eigenvalue weighted by Crippen LogP contribution is -2.09. The van der Waals surface area contributed by atoms with Crippen LogP contribution in [0.25, 0.3) is 11.7 Å². The summed E-state index contributed by atoms with van der Waals surface area (Å²) in [4.78, 5) is 13.6. The van der Waals surface area contributed by atoms with Gasteiger partial charge in [-0.2, -0.15) is 0 Å². The first-order chi connectivity index (χ1) is 11.3. The summed E-state index contributed by atoms with van der Waals surface area (Å²) in [5.41, 5.74) is 1.82. The Hall–Kier alpha value is -2.41. The average molecular weight is 330 g/mol. The van der Waals surface area contributed by atoms with Gasteiger partial charge >= 0.3 is 5.97 Å². The van der Waals surface area contributed by atoms with Crippen LogP contribution >= 0.6 is 11.3 Å². The summed E-state index contributed by atoms with van der Waals surface area (Å²) in [6, 6.07) is 3.46. The van der Waals surface area contributed by atoms with Gasteiger partial charge in [0, 0.05) is 10.3 Å². The summed E-state index contributed by atoms with van der Waals surface area (Å²) in [6.45, 7) is -0.0445. The zero-order valence-electron chi connectivity index (χ0n) is 12.3. The normalized spacial score (nSPS) is 13.7. The molecule has 0 saturated carbocycles. The SMILES string of the molecule is O=C(OCc1nnc(-c2ccco2)o1)c1csc2c1CCCC2. The molecule has 118 valence electrons. The molecule has 1 aliphatic rings. The van der Waals surface area contributed by atoms with Gasteiger partial charge in [0.15, 0.2) is 12.4 Å². The summed E-state index contributed by atoms with van der Waals surface area (Å²) in [7, 11) is 0. The monoisotopic (exact) mass is 330 g/mol. The van der Waals surface area contributed by atoms with Crippen molar-refractivity contribution in [1.29, 1.82) is 0 Å². The van der Waals surface area contributed by atoms with Gasteiger partial charge in [0.05, 0.1) is 11.8 Å². The van der Waals surface area contributed by atoms with Crippen LogP contribution in [0, 0.1) is 0 Å². The van der Waals surface area contributed by atoms with Crippen molar-refractivity contribution in [3.63, 3.8) is 0 Å². The molecule has 0 N–H and O–H groups in total. The molecular formula is C16H14N2O4S. The van der Waals surface area contributed by atoms with E-state index in [1.807, 2.05) is 5.38 Å². The van der Waals surface area contributed by atoms with Crippen molar-refractivity contribution in [2.24, 2.45) is 0 Å². The molecule has 0 aliphatic heterocycles. The zero-order valence-corrected chi connectivity index (χ0v) is 13.1. The number of esters is 1. The molecule has 0 radical (unpaired) electrons. The molecule has 3 aromatic heterocycles. The molecule has 0 aromatic carbocycles. The van der Waals surface area contributed by atoms with E-state index in [1.54, 1.807) is 23.5 Å². The number of ether oxygens (including phenoxy) is 1. The first-order valence-corrected chi connectivity index (χ1v) is 8.32. The van der Waals surface area contributed by atoms with Gasteiger partial charge in [-0.25, -0.2) is 4.79 Å². The Morgan fingerprint density at radius 3 is 3.09 bits per heavy atom. The number of furan rings is 1. The van der Waals surface area contributed by atoms with E-state index in [0.29, 0.717) is 11.3 Å². The lowest BCUT2D eigenvalue weighted by molar-refractivity contribution is 0.0437. The van der Waals surface area contributed by atoms with E-state index in [4.69, 9.17) is 13.6 Å². The highest BCUT2D eigenvalue weighted by Crippen LogP contribution is 2.30. The van der Waals surface area contributed by atoms with E-state index in [-0.39, 0.29) is 24.4 Å². The molecule has 1 aliphatic carbocycles. The Morgan fingerprint density at radius 2 is 2.22 bits per heavy atom. The second kappa shape index (κ2) is 6.00. The van der Waals surface area contributed by atoms with Crippen LogP contribution in [-0.2, 0) is 24.2 Å². The van der Waals surface area contributed by atoms with E-state index in [0.717, 1.165) is 24.8 Å². The minimum Gasteiger partial charge on any atom is -0.459 e. The third kappa shape index (κ3) is 2.79. The van der Waals surface area contributed by atoms with Crippen LogP contribution in [0.15, 0.2) is 32.6 Å². The fourth-order valence-corrected chi connectivity index (χ4v) is 3.80. The highest BCUT2D eigenvalue weighted by atomic mass is 32.1. The standard InChI is InChI=1S/C16H14N2O4S/c19-16(11-9-23-13-6-2-1-4-10(11)13)21-8-14-17-18-15(22-14)12-5-3-7-20-12/h3,5,7,9H,1-2,4,6,8H2. The second-order valence-corrected chi connectivity index (χ2v) is 6.28. The Kier molecular flexibility index (Phi) is 3.70. The van der Waals surface area contributed by atoms with Crippen LogP contribution in [0.1, 0.15) is 39.5 Å². The van der Waals surface area contributed by atoms with Gasteiger partial charge in [-0.05, 0) is 43.4 Å². The highest BCUT2D eigenvalue weighted by molar-refractivity contribution is 7.10. The highest BCUT2D eigenvalue weighted by Gasteiger charge is 2.21. The quantitative estimate of drug-likeness (QED) is 0.680. The number of carbonyl (C=O) groups is 1. The molecule has 0 fully saturated rings. The van der Waals surface area contributed by atoms with Crippen molar-refractivity contribution < 1.29 is 18.4 Å². The van der Waals surface area contributed by atoms with Crippen LogP contribution < -0.4 is 0 Å². The van der Waals surface area contributed by atoms with Crippen LogP contribution in [0.4, 0.5) is 0 Å². The van der Waals surface area contributed by atoms with Crippen molar-refractivity contribution >= 4 is 17.3 Å². The van der Waals surface area contributed by atoms with Crippen molar-refractivity contribution in [3.8, 4) is 11.7 Å². The average Bonchev–Trinajstić information content (AvgIpc) is 3.31. The molecule has 6 nitrogen and oxygen atoms in total. The predicted molar refractivity (Wildman–Crippen MR) is 82.1 cm³/mol. The third-order valence-corrected chi connectivity index (χ3v) is 4.90. The van der Waals surface area contributed by atoms with Gasteiger partial charge in [-0.1, -0.05) is 0 Å². The first-order valence-electron chi connectivity index (χ1n) is 7.44. The van der Waals surface area contributed by atoms with Crippen molar-refractivity contribution in [2.45, 2.75) is 32.3 Å². The molecule has 3 aromatic rings. The van der Waals surface area contributed by atoms with Crippen LogP contribution in [-0.4, -0.2) is 16.2 Å². The molecule has 7 heteroatoms. The zero-order chi connectivity index (χ0) is 15.6. The summed E-state index contributed by atoms with van der Waals surface area (Å²) in [5, 5.41) is 9.62. The number of aryl methyl sites for hydroxylation is 1. The molecule has 4 rings (SSSR count). The van der Waals surface area contributed by atoms with Crippen molar-refractivity contribution in [1.82, 2.24) is 10.2 Å². The largest absolute Gasteiger partial charge is 0.459 e. The number of nitrogens with zero attached hydrogens (tertiary/aromatic N) is 2. The number of aromatic nitrogens is 2. The number of carbonyl (C=O) groups excluding carboxylic acids is 1. The fraction of sp³-hybridized carbons (Fsp3) is 0.312. The second-order valence-electron chi connectivity index (χ2n) is 5.31.